The van der Waals surface area contributed by atoms with E-state index in [1.54, 1.807) is 11.3 Å². The van der Waals surface area contributed by atoms with Gasteiger partial charge in [-0.15, -0.1) is 16.4 Å². The Balaban J connectivity index is 1.98. The van der Waals surface area contributed by atoms with E-state index in [4.69, 9.17) is 12.2 Å². The summed E-state index contributed by atoms with van der Waals surface area (Å²) in [5, 5.41) is 10.8. The lowest BCUT2D eigenvalue weighted by atomic mass is 10.4. The average molecular weight is 243 g/mol. The zero-order valence-corrected chi connectivity index (χ0v) is 9.98. The summed E-state index contributed by atoms with van der Waals surface area (Å²) >= 11 is 8.18. The lowest BCUT2D eigenvalue weighted by molar-refractivity contribution is 1.05. The maximum absolute atomic E-state index is 4.93. The van der Waals surface area contributed by atoms with Crippen LogP contribution in [0.25, 0.3) is 0 Å². The molecule has 0 saturated carbocycles. The molecular formula is C8H9N3S3. The first-order valence-corrected chi connectivity index (χ1v) is 6.13. The van der Waals surface area contributed by atoms with E-state index in [1.807, 2.05) is 0 Å². The molecule has 74 valence electrons. The Kier molecular flexibility index (Phi) is 2.95. The van der Waals surface area contributed by atoms with Crippen LogP contribution in [0, 0.1) is 10.9 Å². The third-order valence-electron chi connectivity index (χ3n) is 1.65. The monoisotopic (exact) mass is 243 g/mol. The van der Waals surface area contributed by atoms with Gasteiger partial charge in [-0.05, 0) is 31.3 Å². The molecule has 0 aromatic carbocycles. The highest BCUT2D eigenvalue weighted by molar-refractivity contribution is 7.73. The summed E-state index contributed by atoms with van der Waals surface area (Å²) in [4.78, 5) is 2.64. The number of thiophene rings is 1. The van der Waals surface area contributed by atoms with Crippen molar-refractivity contribution < 1.29 is 0 Å². The molecule has 0 atom stereocenters. The molecule has 2 aromatic rings. The van der Waals surface area contributed by atoms with Gasteiger partial charge < -0.3 is 5.32 Å². The average Bonchev–Trinajstić information content (AvgIpc) is 2.72. The summed E-state index contributed by atoms with van der Waals surface area (Å²) in [5.74, 6) is 0. The molecule has 0 aliphatic rings. The van der Waals surface area contributed by atoms with Crippen LogP contribution in [0.3, 0.4) is 0 Å². The topological polar surface area (TPSA) is 40.7 Å². The molecule has 0 spiro atoms. The van der Waals surface area contributed by atoms with Crippen LogP contribution in [0.5, 0.6) is 0 Å². The summed E-state index contributed by atoms with van der Waals surface area (Å²) in [7, 11) is 0. The molecule has 2 rings (SSSR count). The maximum atomic E-state index is 4.93. The lowest BCUT2D eigenvalue weighted by Gasteiger charge is -1.97. The number of H-pyrrole nitrogens is 1. The molecule has 0 aliphatic heterocycles. The second kappa shape index (κ2) is 4.20. The fraction of sp³-hybridized carbons (Fsp3) is 0.250. The Morgan fingerprint density at radius 2 is 2.36 bits per heavy atom. The molecule has 2 N–H and O–H groups in total. The molecule has 0 fully saturated rings. The van der Waals surface area contributed by atoms with Crippen molar-refractivity contribution in [3.8, 4) is 0 Å². The molecule has 2 aromatic heterocycles. The highest BCUT2D eigenvalue weighted by Gasteiger charge is 1.99. The lowest BCUT2D eigenvalue weighted by Crippen LogP contribution is -1.96. The highest BCUT2D eigenvalue weighted by atomic mass is 32.1. The van der Waals surface area contributed by atoms with Crippen molar-refractivity contribution >= 4 is 40.0 Å². The first kappa shape index (κ1) is 9.82. The smallest absolute Gasteiger partial charge is 0.204 e. The minimum Gasteiger partial charge on any atom is -0.355 e. The molecule has 2 heterocycles. The summed E-state index contributed by atoms with van der Waals surface area (Å²) in [5.41, 5.74) is 0. The van der Waals surface area contributed by atoms with E-state index in [1.165, 1.54) is 21.1 Å². The zero-order valence-electron chi connectivity index (χ0n) is 7.53. The minimum absolute atomic E-state index is 0.704. The van der Waals surface area contributed by atoms with Crippen LogP contribution in [0.1, 0.15) is 9.75 Å². The number of nitrogens with zero attached hydrogens (tertiary/aromatic N) is 1. The number of rotatable bonds is 3. The number of aromatic amines is 1. The first-order chi connectivity index (χ1) is 6.74. The summed E-state index contributed by atoms with van der Waals surface area (Å²) < 4.78 is 0.704. The van der Waals surface area contributed by atoms with Gasteiger partial charge in [0, 0.05) is 9.75 Å². The molecule has 0 aliphatic carbocycles. The number of hydrogen-bond donors (Lipinski definition) is 2. The Hall–Kier alpha value is -0.720. The number of anilines is 1. The van der Waals surface area contributed by atoms with E-state index >= 15 is 0 Å². The second-order valence-electron chi connectivity index (χ2n) is 2.78. The third kappa shape index (κ3) is 2.40. The zero-order chi connectivity index (χ0) is 9.97. The fourth-order valence-corrected chi connectivity index (χ4v) is 2.66. The Labute approximate surface area is 94.8 Å². The standard InChI is InChI=1S/C8H9N3S3/c1-5-2-3-6(13-5)4-9-7-10-11-8(12)14-7/h2-3H,4H2,1H3,(H,9,10)(H,11,12). The second-order valence-corrected chi connectivity index (χ2v) is 5.82. The molecule has 0 amide bonds. The van der Waals surface area contributed by atoms with Gasteiger partial charge in [0.25, 0.3) is 0 Å². The van der Waals surface area contributed by atoms with Gasteiger partial charge in [0.05, 0.1) is 6.54 Å². The summed E-state index contributed by atoms with van der Waals surface area (Å²) in [6.07, 6.45) is 0. The minimum atomic E-state index is 0.704. The summed E-state index contributed by atoms with van der Waals surface area (Å²) in [6.45, 7) is 2.92. The van der Waals surface area contributed by atoms with Crippen LogP contribution in [0.2, 0.25) is 0 Å². The van der Waals surface area contributed by atoms with Gasteiger partial charge in [0.2, 0.25) is 5.13 Å². The number of aromatic nitrogens is 2. The van der Waals surface area contributed by atoms with Crippen LogP contribution in [0.15, 0.2) is 12.1 Å². The van der Waals surface area contributed by atoms with Crippen LogP contribution >= 0.6 is 34.9 Å². The molecule has 0 unspecified atom stereocenters. The van der Waals surface area contributed by atoms with Crippen molar-refractivity contribution in [2.75, 3.05) is 5.32 Å². The van der Waals surface area contributed by atoms with Crippen molar-refractivity contribution in [2.24, 2.45) is 0 Å². The number of nitrogens with one attached hydrogen (secondary N) is 2. The van der Waals surface area contributed by atoms with Crippen LogP contribution < -0.4 is 5.32 Å². The normalized spacial score (nSPS) is 10.4. The molecule has 0 radical (unpaired) electrons. The first-order valence-electron chi connectivity index (χ1n) is 4.09. The Morgan fingerprint density at radius 3 is 2.93 bits per heavy atom. The Bertz CT molecular complexity index is 468. The predicted octanol–water partition coefficient (Wildman–Crippen LogP) is 3.18. The van der Waals surface area contributed by atoms with Crippen molar-refractivity contribution in [3.05, 3.63) is 25.8 Å². The highest BCUT2D eigenvalue weighted by Crippen LogP contribution is 2.17. The molecule has 3 nitrogen and oxygen atoms in total. The van der Waals surface area contributed by atoms with Gasteiger partial charge >= 0.3 is 0 Å². The molecule has 0 bridgehead atoms. The van der Waals surface area contributed by atoms with Crippen LogP contribution in [-0.2, 0) is 6.54 Å². The maximum Gasteiger partial charge on any atom is 0.204 e. The van der Waals surface area contributed by atoms with Crippen molar-refractivity contribution in [1.82, 2.24) is 10.2 Å². The van der Waals surface area contributed by atoms with Crippen LogP contribution in [0.4, 0.5) is 5.13 Å². The molecule has 14 heavy (non-hydrogen) atoms. The van der Waals surface area contributed by atoms with Gasteiger partial charge in [-0.1, -0.05) is 11.3 Å². The van der Waals surface area contributed by atoms with E-state index in [-0.39, 0.29) is 0 Å². The molecular weight excluding hydrogens is 234 g/mol. The number of aryl methyl sites for hydroxylation is 1. The van der Waals surface area contributed by atoms with Crippen molar-refractivity contribution in [1.29, 1.82) is 0 Å². The van der Waals surface area contributed by atoms with E-state index in [9.17, 15) is 0 Å². The van der Waals surface area contributed by atoms with E-state index in [0.29, 0.717) is 3.95 Å². The largest absolute Gasteiger partial charge is 0.355 e. The molecule has 0 saturated heterocycles. The number of hydrogen-bond acceptors (Lipinski definition) is 5. The van der Waals surface area contributed by atoms with E-state index < -0.39 is 0 Å². The predicted molar refractivity (Wildman–Crippen MR) is 63.7 cm³/mol. The summed E-state index contributed by atoms with van der Waals surface area (Å²) in [6, 6.07) is 4.24. The van der Waals surface area contributed by atoms with Gasteiger partial charge in [0.15, 0.2) is 3.95 Å². The van der Waals surface area contributed by atoms with Crippen molar-refractivity contribution in [3.63, 3.8) is 0 Å². The fourth-order valence-electron chi connectivity index (χ4n) is 1.05. The van der Waals surface area contributed by atoms with Gasteiger partial charge in [-0.25, -0.2) is 0 Å². The SMILES string of the molecule is Cc1ccc(CNc2n[nH]c(=S)s2)s1. The Morgan fingerprint density at radius 1 is 1.50 bits per heavy atom. The van der Waals surface area contributed by atoms with Crippen LogP contribution in [-0.4, -0.2) is 10.2 Å². The van der Waals surface area contributed by atoms with E-state index in [0.717, 1.165) is 11.7 Å². The van der Waals surface area contributed by atoms with Gasteiger partial charge in [-0.3, -0.25) is 5.10 Å². The van der Waals surface area contributed by atoms with Crippen molar-refractivity contribution in [2.45, 2.75) is 13.5 Å². The van der Waals surface area contributed by atoms with E-state index in [2.05, 4.69) is 34.6 Å². The quantitative estimate of drug-likeness (QED) is 0.813. The van der Waals surface area contributed by atoms with Gasteiger partial charge in [-0.2, -0.15) is 0 Å². The van der Waals surface area contributed by atoms with Gasteiger partial charge in [0.1, 0.15) is 0 Å². The molecule has 6 heteroatoms. The third-order valence-corrected chi connectivity index (χ3v) is 3.70.